The van der Waals surface area contributed by atoms with Crippen LogP contribution in [0.3, 0.4) is 0 Å². The second-order valence-electron chi connectivity index (χ2n) is 33.2. The first-order chi connectivity index (χ1) is 59.6. The minimum atomic E-state index is -0.263. The van der Waals surface area contributed by atoms with E-state index in [9.17, 15) is 37.5 Å². The number of halogens is 2. The van der Waals surface area contributed by atoms with Gasteiger partial charge < -0.3 is 9.30 Å². The zero-order valence-electron chi connectivity index (χ0n) is 75.8. The Morgan fingerprint density at radius 3 is 1.10 bits per heavy atom. The summed E-state index contributed by atoms with van der Waals surface area (Å²) in [5, 5.41) is 0. The first-order valence-electron chi connectivity index (χ1n) is 42.9. The Labute approximate surface area is 738 Å². The first kappa shape index (κ1) is 98.0. The molecule has 6 aromatic carbocycles. The van der Waals surface area contributed by atoms with Crippen LogP contribution >= 0.6 is 12.2 Å². The Kier molecular flexibility index (Phi) is 37.6. The van der Waals surface area contributed by atoms with Gasteiger partial charge >= 0.3 is 6.01 Å². The number of hydrogen-bond donors (Lipinski definition) is 0. The fourth-order valence-electron chi connectivity index (χ4n) is 13.2. The van der Waals surface area contributed by atoms with Crippen LogP contribution in [0.2, 0.25) is 0 Å². The van der Waals surface area contributed by atoms with Gasteiger partial charge in [0, 0.05) is 168 Å². The Hall–Kier alpha value is -12.4. The summed E-state index contributed by atoms with van der Waals surface area (Å²) in [5.41, 5.74) is 11.2. The van der Waals surface area contributed by atoms with E-state index in [-0.39, 0.29) is 80.6 Å². The Balaban J connectivity index is 0.000000181. The van der Waals surface area contributed by atoms with Crippen LogP contribution in [-0.4, -0.2) is 66.9 Å². The normalized spacial score (nSPS) is 11.5. The molecule has 1 saturated carbocycles. The zero-order valence-corrected chi connectivity index (χ0v) is 76.7. The fourth-order valence-corrected chi connectivity index (χ4v) is 13.6. The predicted molar refractivity (Wildman–Crippen MR) is 499 cm³/mol. The summed E-state index contributed by atoms with van der Waals surface area (Å²) in [6, 6.07) is 53.0. The van der Waals surface area contributed by atoms with Crippen LogP contribution in [0, 0.1) is 22.2 Å². The highest BCUT2D eigenvalue weighted by Crippen LogP contribution is 2.33. The van der Waals surface area contributed by atoms with Crippen molar-refractivity contribution in [2.24, 2.45) is 34.1 Å². The molecule has 658 valence electrons. The van der Waals surface area contributed by atoms with E-state index >= 15 is 0 Å². The van der Waals surface area contributed by atoms with Gasteiger partial charge in [0.05, 0.1) is 12.7 Å². The number of hydrogen-bond acceptors (Lipinski definition) is 15. The maximum Gasteiger partial charge on any atom is 0.304 e. The van der Waals surface area contributed by atoms with E-state index in [1.54, 1.807) is 112 Å². The molecule has 21 nitrogen and oxygen atoms in total. The van der Waals surface area contributed by atoms with E-state index in [1.807, 2.05) is 223 Å². The molecule has 7 heterocycles. The summed E-state index contributed by atoms with van der Waals surface area (Å²) < 4.78 is 44.0. The molecular weight excluding hydrogens is 1590 g/mol. The molecule has 13 aromatic rings. The van der Waals surface area contributed by atoms with Gasteiger partial charge in [-0.25, -0.2) is 43.7 Å². The Bertz CT molecular complexity index is 5830. The minimum Gasteiger partial charge on any atom is -0.425 e. The maximum absolute atomic E-state index is 12.9. The molecule has 7 aromatic heterocycles. The lowest BCUT2D eigenvalue weighted by molar-refractivity contribution is 0.410. The van der Waals surface area contributed by atoms with Crippen molar-refractivity contribution in [3.8, 4) is 11.8 Å². The molecule has 1 aliphatic rings. The Morgan fingerprint density at radius 1 is 0.368 bits per heavy atom. The molecule has 24 heteroatoms. The van der Waals surface area contributed by atoms with Crippen LogP contribution in [0.5, 0.6) is 11.8 Å². The van der Waals surface area contributed by atoms with Crippen molar-refractivity contribution in [1.29, 1.82) is 0 Å². The molecular formula is C101H122F2N14O7S. The summed E-state index contributed by atoms with van der Waals surface area (Å²) in [6.45, 7) is 30.6. The topological polar surface area (TPSA) is 236 Å². The van der Waals surface area contributed by atoms with E-state index in [0.29, 0.717) is 72.8 Å². The molecule has 125 heavy (non-hydrogen) atoms. The smallest absolute Gasteiger partial charge is 0.304 e. The van der Waals surface area contributed by atoms with Crippen molar-refractivity contribution in [2.45, 2.75) is 210 Å². The number of rotatable bonds is 23. The molecule has 0 spiro atoms. The van der Waals surface area contributed by atoms with Gasteiger partial charge in [0.2, 0.25) is 0 Å². The highest BCUT2D eigenvalue weighted by molar-refractivity contribution is 7.71. The van der Waals surface area contributed by atoms with E-state index in [4.69, 9.17) is 17.0 Å². The van der Waals surface area contributed by atoms with E-state index in [0.717, 1.165) is 85.1 Å². The molecule has 0 unspecified atom stereocenters. The third-order valence-electron chi connectivity index (χ3n) is 21.2. The number of nitrogens with zero attached hydrogens (tertiary/aromatic N) is 14. The van der Waals surface area contributed by atoms with Gasteiger partial charge in [0.1, 0.15) is 45.3 Å². The van der Waals surface area contributed by atoms with Crippen LogP contribution in [-0.2, 0) is 73.3 Å². The monoisotopic (exact) mass is 1710 g/mol. The SMILES string of the molecule is CC(C)c1cnc(CCC2CC2)n(C)c1=O.CC(C)c1cnc(Cc2ccc(F)cc2)n(C)c1=O.CC(C)c1cnc(Cc2ccccc2)n(C)c1=O.CC(C)c1cnc(Oc2ccccc2)n(C)c1=O.CC(C)n1cncc(Cc2ccccc2)c1=O.CC(C)n1cncc(Cc2ccccc2)c1=S.CCn1c(Cc2ccc(F)cc2)ncc(C(C)C)c1=O. The predicted octanol–water partition coefficient (Wildman–Crippen LogP) is 19.4. The molecule has 1 aliphatic carbocycles. The standard InChI is InChI=1S/C16H19FN2O.C15H17FN2O.C15H18N2O.C14H16N2O2.C14H16N2O.C14H16N2S.C13H20N2O/c1-4-19-15(9-12-5-7-13(17)8-6-12)18-10-14(11(2)3)16(19)20;1-10(2)13-9-17-14(18(3)15(13)19)8-11-4-6-12(16)7-5-11;1-11(2)13-10-16-14(17(3)15(13)18)9-12-7-5-4-6-8-12;1-10(2)12-9-15-14(16(3)13(12)17)18-11-7-5-4-6-8-11;2*1-11(2)16-10-15-9-13(14(16)17)8-12-6-4-3-5-7-12;1-9(2)11-8-14-12(15(3)13(11)16)7-6-10-4-5-10/h5-8,10-11H,4,9H2,1-3H3;4-7,9-10H,8H2,1-3H3;4-8,10-11H,9H2,1-3H3;4-10H,1-3H3;2*3-7,9-11H,8H2,1-2H3;8-10H,4-7H2,1-3H3. The van der Waals surface area contributed by atoms with Crippen LogP contribution in [0.4, 0.5) is 8.78 Å². The first-order valence-corrected chi connectivity index (χ1v) is 43.3. The van der Waals surface area contributed by atoms with Crippen molar-refractivity contribution >= 4 is 12.2 Å². The van der Waals surface area contributed by atoms with E-state index in [2.05, 4.69) is 60.9 Å². The van der Waals surface area contributed by atoms with Gasteiger partial charge in [-0.05, 0) is 141 Å². The number of para-hydroxylation sites is 1. The summed E-state index contributed by atoms with van der Waals surface area (Å²) >= 11 is 5.49. The zero-order chi connectivity index (χ0) is 91.1. The van der Waals surface area contributed by atoms with E-state index in [1.165, 1.54) is 53.7 Å². The molecule has 14 rings (SSSR count). The lowest BCUT2D eigenvalue weighted by Crippen LogP contribution is -2.28. The number of aryl methyl sites for hydroxylation is 1. The minimum absolute atomic E-state index is 0.0119. The highest BCUT2D eigenvalue weighted by Gasteiger charge is 2.23. The van der Waals surface area contributed by atoms with Crippen molar-refractivity contribution in [3.05, 3.63) is 394 Å². The van der Waals surface area contributed by atoms with Crippen molar-refractivity contribution in [2.75, 3.05) is 0 Å². The lowest BCUT2D eigenvalue weighted by atomic mass is 10.1. The summed E-state index contributed by atoms with van der Waals surface area (Å²) in [5.74, 6) is 5.10. The number of benzene rings is 6. The molecule has 0 amide bonds. The molecule has 0 saturated heterocycles. The molecule has 0 N–H and O–H groups in total. The van der Waals surface area contributed by atoms with Gasteiger partial charge in [-0.1, -0.05) is 228 Å². The summed E-state index contributed by atoms with van der Waals surface area (Å²) in [4.78, 5) is 103. The second kappa shape index (κ2) is 48.0. The molecule has 0 radical (unpaired) electrons. The van der Waals surface area contributed by atoms with Gasteiger partial charge in [-0.2, -0.15) is 0 Å². The van der Waals surface area contributed by atoms with Gasteiger partial charge in [0.15, 0.2) is 0 Å². The molecule has 0 aliphatic heterocycles. The van der Waals surface area contributed by atoms with Crippen molar-refractivity contribution in [1.82, 2.24) is 66.9 Å². The summed E-state index contributed by atoms with van der Waals surface area (Å²) in [6.07, 6.45) is 23.4. The van der Waals surface area contributed by atoms with Gasteiger partial charge in [-0.15, -0.1) is 0 Å². The number of ether oxygens (including phenoxy) is 1. The average molecular weight is 1710 g/mol. The Morgan fingerprint density at radius 2 is 0.696 bits per heavy atom. The van der Waals surface area contributed by atoms with E-state index < -0.39 is 0 Å². The quantitative estimate of drug-likeness (QED) is 0.0541. The molecule has 1 fully saturated rings. The van der Waals surface area contributed by atoms with Gasteiger partial charge in [-0.3, -0.25) is 56.2 Å². The third-order valence-corrected chi connectivity index (χ3v) is 21.7. The highest BCUT2D eigenvalue weighted by atomic mass is 32.1. The third kappa shape index (κ3) is 29.1. The lowest BCUT2D eigenvalue weighted by Gasteiger charge is -2.13. The second-order valence-corrected chi connectivity index (χ2v) is 33.6. The van der Waals surface area contributed by atoms with Crippen molar-refractivity contribution in [3.63, 3.8) is 0 Å². The average Bonchev–Trinajstić information content (AvgIpc) is 1.82. The fraction of sp³-hybridized carbons (Fsp3) is 0.366. The van der Waals surface area contributed by atoms with Crippen LogP contribution in [0.25, 0.3) is 0 Å². The van der Waals surface area contributed by atoms with Crippen LogP contribution < -0.4 is 38.1 Å². The molecule has 0 bridgehead atoms. The number of aromatic nitrogens is 14. The van der Waals surface area contributed by atoms with Crippen LogP contribution in [0.1, 0.15) is 255 Å². The molecule has 0 atom stereocenters. The van der Waals surface area contributed by atoms with Gasteiger partial charge in [0.25, 0.3) is 33.4 Å². The van der Waals surface area contributed by atoms with Crippen LogP contribution in [0.15, 0.2) is 255 Å². The largest absolute Gasteiger partial charge is 0.425 e. The summed E-state index contributed by atoms with van der Waals surface area (Å²) in [7, 11) is 7.02. The maximum atomic E-state index is 12.9. The van der Waals surface area contributed by atoms with Crippen molar-refractivity contribution < 1.29 is 13.5 Å².